The maximum Gasteiger partial charge on any atom is 0.133 e. The van der Waals surface area contributed by atoms with Crippen LogP contribution in [0.2, 0.25) is 0 Å². The predicted molar refractivity (Wildman–Crippen MR) is 69.6 cm³/mol. The molecule has 3 nitrogen and oxygen atoms in total. The third-order valence-electron chi connectivity index (χ3n) is 2.92. The van der Waals surface area contributed by atoms with Crippen LogP contribution < -0.4 is 5.73 Å². The van der Waals surface area contributed by atoms with Crippen molar-refractivity contribution in [3.8, 4) is 11.3 Å². The molecule has 0 aliphatic heterocycles. The third-order valence-corrected chi connectivity index (χ3v) is 2.92. The van der Waals surface area contributed by atoms with E-state index in [1.807, 2.05) is 13.0 Å². The molecule has 2 rings (SSSR count). The van der Waals surface area contributed by atoms with Gasteiger partial charge in [-0.05, 0) is 36.8 Å². The number of aromatic nitrogens is 2. The molecular weight excluding hydrogens is 229 g/mol. The van der Waals surface area contributed by atoms with E-state index in [-0.39, 0.29) is 11.7 Å². The zero-order valence-electron chi connectivity index (χ0n) is 10.5. The molecule has 1 heterocycles. The van der Waals surface area contributed by atoms with Crippen molar-refractivity contribution in [3.63, 3.8) is 0 Å². The van der Waals surface area contributed by atoms with Crippen molar-refractivity contribution in [2.24, 2.45) is 5.73 Å². The molecule has 0 radical (unpaired) electrons. The number of hydrogen-bond acceptors (Lipinski definition) is 3. The quantitative estimate of drug-likeness (QED) is 0.904. The molecule has 2 aromatic rings. The van der Waals surface area contributed by atoms with E-state index in [1.165, 1.54) is 6.07 Å². The lowest BCUT2D eigenvalue weighted by molar-refractivity contribution is 0.618. The van der Waals surface area contributed by atoms with Crippen LogP contribution in [0.4, 0.5) is 4.39 Å². The van der Waals surface area contributed by atoms with E-state index in [0.717, 1.165) is 17.1 Å². The normalized spacial score (nSPS) is 12.4. The van der Waals surface area contributed by atoms with Crippen LogP contribution in [-0.2, 0) is 0 Å². The van der Waals surface area contributed by atoms with Crippen molar-refractivity contribution < 1.29 is 4.39 Å². The standard InChI is InChI=1S/C14H16FN3/c1-9-7-11(3-4-12(9)15)13-5-6-17-14(18-13)10(2)8-16/h3-7,10H,8,16H2,1-2H3. The largest absolute Gasteiger partial charge is 0.330 e. The molecule has 0 saturated heterocycles. The van der Waals surface area contributed by atoms with Crippen LogP contribution in [-0.4, -0.2) is 16.5 Å². The molecule has 4 heteroatoms. The van der Waals surface area contributed by atoms with Gasteiger partial charge in [0.05, 0.1) is 5.69 Å². The van der Waals surface area contributed by atoms with Crippen molar-refractivity contribution in [1.82, 2.24) is 9.97 Å². The van der Waals surface area contributed by atoms with Gasteiger partial charge in [-0.1, -0.05) is 6.92 Å². The first-order valence-electron chi connectivity index (χ1n) is 5.91. The van der Waals surface area contributed by atoms with Crippen molar-refractivity contribution in [1.29, 1.82) is 0 Å². The first-order chi connectivity index (χ1) is 8.61. The summed E-state index contributed by atoms with van der Waals surface area (Å²) >= 11 is 0. The third kappa shape index (κ3) is 2.54. The molecule has 0 aliphatic carbocycles. The van der Waals surface area contributed by atoms with Crippen LogP contribution in [0.25, 0.3) is 11.3 Å². The van der Waals surface area contributed by atoms with Gasteiger partial charge in [-0.3, -0.25) is 0 Å². The Morgan fingerprint density at radius 2 is 2.11 bits per heavy atom. The summed E-state index contributed by atoms with van der Waals surface area (Å²) in [6.07, 6.45) is 1.71. The fourth-order valence-electron chi connectivity index (χ4n) is 1.68. The van der Waals surface area contributed by atoms with Gasteiger partial charge in [0.2, 0.25) is 0 Å². The smallest absolute Gasteiger partial charge is 0.133 e. The molecule has 0 aliphatic rings. The molecule has 0 spiro atoms. The fourth-order valence-corrected chi connectivity index (χ4v) is 1.68. The molecule has 0 amide bonds. The second kappa shape index (κ2) is 5.23. The molecule has 1 atom stereocenters. The van der Waals surface area contributed by atoms with Crippen LogP contribution in [0.5, 0.6) is 0 Å². The van der Waals surface area contributed by atoms with Gasteiger partial charge in [0.25, 0.3) is 0 Å². The summed E-state index contributed by atoms with van der Waals surface area (Å²) in [6.45, 7) is 4.23. The molecule has 0 saturated carbocycles. The van der Waals surface area contributed by atoms with Crippen LogP contribution in [0.15, 0.2) is 30.5 Å². The summed E-state index contributed by atoms with van der Waals surface area (Å²) < 4.78 is 13.2. The minimum atomic E-state index is -0.205. The van der Waals surface area contributed by atoms with Gasteiger partial charge in [0.15, 0.2) is 0 Å². The van der Waals surface area contributed by atoms with Gasteiger partial charge in [-0.25, -0.2) is 14.4 Å². The van der Waals surface area contributed by atoms with Crippen LogP contribution in [0, 0.1) is 12.7 Å². The Labute approximate surface area is 106 Å². The first-order valence-corrected chi connectivity index (χ1v) is 5.91. The molecule has 0 fully saturated rings. The van der Waals surface area contributed by atoms with E-state index in [0.29, 0.717) is 12.1 Å². The van der Waals surface area contributed by atoms with Crippen LogP contribution >= 0.6 is 0 Å². The average molecular weight is 245 g/mol. The van der Waals surface area contributed by atoms with Crippen molar-refractivity contribution in [3.05, 3.63) is 47.7 Å². The zero-order chi connectivity index (χ0) is 13.1. The van der Waals surface area contributed by atoms with E-state index >= 15 is 0 Å². The number of rotatable bonds is 3. The highest BCUT2D eigenvalue weighted by atomic mass is 19.1. The molecule has 1 aromatic heterocycles. The summed E-state index contributed by atoms with van der Waals surface area (Å²) in [4.78, 5) is 8.68. The summed E-state index contributed by atoms with van der Waals surface area (Å²) in [5.74, 6) is 0.631. The monoisotopic (exact) mass is 245 g/mol. The lowest BCUT2D eigenvalue weighted by atomic mass is 10.1. The Balaban J connectivity index is 2.41. The fraction of sp³-hybridized carbons (Fsp3) is 0.286. The van der Waals surface area contributed by atoms with Crippen molar-refractivity contribution in [2.75, 3.05) is 6.54 Å². The highest BCUT2D eigenvalue weighted by Crippen LogP contribution is 2.21. The van der Waals surface area contributed by atoms with Gasteiger partial charge >= 0.3 is 0 Å². The molecular formula is C14H16FN3. The van der Waals surface area contributed by atoms with Gasteiger partial charge < -0.3 is 5.73 Å². The number of benzene rings is 1. The maximum absolute atomic E-state index is 13.2. The number of nitrogens with zero attached hydrogens (tertiary/aromatic N) is 2. The Kier molecular flexibility index (Phi) is 3.67. The van der Waals surface area contributed by atoms with Crippen LogP contribution in [0.1, 0.15) is 24.2 Å². The lowest BCUT2D eigenvalue weighted by Gasteiger charge is -2.09. The van der Waals surface area contributed by atoms with Crippen LogP contribution in [0.3, 0.4) is 0 Å². The molecule has 0 bridgehead atoms. The van der Waals surface area contributed by atoms with E-state index in [2.05, 4.69) is 9.97 Å². The number of hydrogen-bond donors (Lipinski definition) is 1. The molecule has 1 aromatic carbocycles. The Hall–Kier alpha value is -1.81. The highest BCUT2D eigenvalue weighted by Gasteiger charge is 2.09. The van der Waals surface area contributed by atoms with E-state index in [1.54, 1.807) is 25.3 Å². The number of nitrogens with two attached hydrogens (primary N) is 1. The lowest BCUT2D eigenvalue weighted by Crippen LogP contribution is -2.12. The summed E-state index contributed by atoms with van der Waals surface area (Å²) in [5, 5.41) is 0. The van der Waals surface area contributed by atoms with E-state index in [4.69, 9.17) is 5.73 Å². The predicted octanol–water partition coefficient (Wildman–Crippen LogP) is 2.65. The SMILES string of the molecule is Cc1cc(-c2ccnc(C(C)CN)n2)ccc1F. The van der Waals surface area contributed by atoms with Gasteiger partial charge in [-0.15, -0.1) is 0 Å². The maximum atomic E-state index is 13.2. The summed E-state index contributed by atoms with van der Waals surface area (Å²) in [7, 11) is 0. The second-order valence-corrected chi connectivity index (χ2v) is 4.40. The van der Waals surface area contributed by atoms with Crippen molar-refractivity contribution in [2.45, 2.75) is 19.8 Å². The minimum absolute atomic E-state index is 0.117. The van der Waals surface area contributed by atoms with Gasteiger partial charge in [0.1, 0.15) is 11.6 Å². The summed E-state index contributed by atoms with van der Waals surface area (Å²) in [6, 6.07) is 6.79. The zero-order valence-corrected chi connectivity index (χ0v) is 10.5. The molecule has 94 valence electrons. The molecule has 1 unspecified atom stereocenters. The molecule has 18 heavy (non-hydrogen) atoms. The Bertz CT molecular complexity index is 554. The Morgan fingerprint density at radius 1 is 1.33 bits per heavy atom. The topological polar surface area (TPSA) is 51.8 Å². The highest BCUT2D eigenvalue weighted by molar-refractivity contribution is 5.59. The van der Waals surface area contributed by atoms with E-state index < -0.39 is 0 Å². The van der Waals surface area contributed by atoms with E-state index in [9.17, 15) is 4.39 Å². The molecule has 2 N–H and O–H groups in total. The average Bonchev–Trinajstić information content (AvgIpc) is 2.41. The first kappa shape index (κ1) is 12.6. The number of aryl methyl sites for hydroxylation is 1. The minimum Gasteiger partial charge on any atom is -0.330 e. The number of halogens is 1. The van der Waals surface area contributed by atoms with Gasteiger partial charge in [-0.2, -0.15) is 0 Å². The second-order valence-electron chi connectivity index (χ2n) is 4.40. The summed E-state index contributed by atoms with van der Waals surface area (Å²) in [5.41, 5.74) is 7.90. The van der Waals surface area contributed by atoms with Crippen molar-refractivity contribution >= 4 is 0 Å². The van der Waals surface area contributed by atoms with Gasteiger partial charge in [0, 0.05) is 24.2 Å². The Morgan fingerprint density at radius 3 is 2.78 bits per heavy atom.